The van der Waals surface area contributed by atoms with Crippen LogP contribution in [0.5, 0.6) is 11.5 Å². The Morgan fingerprint density at radius 1 is 1.03 bits per heavy atom. The van der Waals surface area contributed by atoms with Crippen molar-refractivity contribution in [3.05, 3.63) is 68.0 Å². The Kier molecular flexibility index (Phi) is 6.15. The molecule has 0 N–H and O–H groups in total. The molecule has 0 bridgehead atoms. The summed E-state index contributed by atoms with van der Waals surface area (Å²) in [5.41, 5.74) is 2.00. The Balaban J connectivity index is 1.95. The molecule has 2 heterocycles. The maximum Gasteiger partial charge on any atom is 0.290 e. The molecule has 6 nitrogen and oxygen atoms in total. The quantitative estimate of drug-likeness (QED) is 0.470. The Labute approximate surface area is 191 Å². The van der Waals surface area contributed by atoms with Gasteiger partial charge in [0.25, 0.3) is 5.91 Å². The highest BCUT2D eigenvalue weighted by molar-refractivity contribution is 6.32. The first-order valence-corrected chi connectivity index (χ1v) is 11.3. The van der Waals surface area contributed by atoms with Gasteiger partial charge in [0.2, 0.25) is 5.76 Å². The van der Waals surface area contributed by atoms with Crippen molar-refractivity contribution >= 4 is 28.5 Å². The van der Waals surface area contributed by atoms with Gasteiger partial charge in [-0.25, -0.2) is 0 Å². The first-order chi connectivity index (χ1) is 15.4. The van der Waals surface area contributed by atoms with Crippen LogP contribution in [0.15, 0.2) is 39.5 Å². The van der Waals surface area contributed by atoms with Gasteiger partial charge in [-0.1, -0.05) is 24.6 Å². The highest BCUT2D eigenvalue weighted by Crippen LogP contribution is 2.41. The molecule has 1 aliphatic heterocycles. The van der Waals surface area contributed by atoms with Crippen LogP contribution < -0.4 is 14.9 Å². The minimum Gasteiger partial charge on any atom is -0.490 e. The van der Waals surface area contributed by atoms with Crippen molar-refractivity contribution in [1.29, 1.82) is 0 Å². The molecule has 7 heteroatoms. The van der Waals surface area contributed by atoms with E-state index in [4.69, 9.17) is 25.5 Å². The standard InChI is InChI=1S/C25H26ClNO5/c1-5-10-27-22(15-8-9-18(30-6-2)20(12-15)31-7-3)21-23(28)16-13-17(26)14(4)11-19(16)32-24(21)25(27)29/h8-9,11-13,22H,5-7,10H2,1-4H3. The van der Waals surface area contributed by atoms with Crippen LogP contribution in [0.1, 0.15) is 60.5 Å². The van der Waals surface area contributed by atoms with Gasteiger partial charge in [0.1, 0.15) is 5.58 Å². The summed E-state index contributed by atoms with van der Waals surface area (Å²) in [6.45, 7) is 9.08. The van der Waals surface area contributed by atoms with Gasteiger partial charge >= 0.3 is 0 Å². The number of hydrogen-bond donors (Lipinski definition) is 0. The van der Waals surface area contributed by atoms with Gasteiger partial charge in [-0.2, -0.15) is 0 Å². The second-order valence-electron chi connectivity index (χ2n) is 7.74. The van der Waals surface area contributed by atoms with E-state index in [0.717, 1.165) is 17.5 Å². The van der Waals surface area contributed by atoms with E-state index in [0.29, 0.717) is 52.8 Å². The number of carbonyl (C=O) groups excluding carboxylic acids is 1. The molecule has 3 aromatic rings. The highest BCUT2D eigenvalue weighted by Gasteiger charge is 2.42. The van der Waals surface area contributed by atoms with Gasteiger partial charge in [-0.05, 0) is 62.6 Å². The summed E-state index contributed by atoms with van der Waals surface area (Å²) < 4.78 is 17.5. The molecule has 1 atom stereocenters. The van der Waals surface area contributed by atoms with Crippen LogP contribution in [0.3, 0.4) is 0 Å². The third kappa shape index (κ3) is 3.62. The Morgan fingerprint density at radius 2 is 1.75 bits per heavy atom. The molecule has 168 valence electrons. The maximum atomic E-state index is 13.6. The molecule has 1 amide bonds. The van der Waals surface area contributed by atoms with Gasteiger partial charge in [-0.3, -0.25) is 9.59 Å². The van der Waals surface area contributed by atoms with E-state index in [-0.39, 0.29) is 17.1 Å². The summed E-state index contributed by atoms with van der Waals surface area (Å²) in [5.74, 6) is 1.00. The number of fused-ring (bicyclic) bond motifs is 2. The van der Waals surface area contributed by atoms with Crippen molar-refractivity contribution < 1.29 is 18.7 Å². The predicted molar refractivity (Wildman–Crippen MR) is 124 cm³/mol. The molecule has 0 aliphatic carbocycles. The Bertz CT molecular complexity index is 1250. The molecule has 1 unspecified atom stereocenters. The van der Waals surface area contributed by atoms with Crippen molar-refractivity contribution in [2.24, 2.45) is 0 Å². The van der Waals surface area contributed by atoms with E-state index < -0.39 is 6.04 Å². The third-order valence-electron chi connectivity index (χ3n) is 5.59. The third-order valence-corrected chi connectivity index (χ3v) is 6.00. The largest absolute Gasteiger partial charge is 0.490 e. The zero-order valence-electron chi connectivity index (χ0n) is 18.7. The second kappa shape index (κ2) is 8.87. The number of halogens is 1. The van der Waals surface area contributed by atoms with Crippen LogP contribution in [0.4, 0.5) is 0 Å². The van der Waals surface area contributed by atoms with E-state index in [1.54, 1.807) is 17.0 Å². The molecule has 32 heavy (non-hydrogen) atoms. The minimum atomic E-state index is -0.576. The van der Waals surface area contributed by atoms with Gasteiger partial charge in [0.15, 0.2) is 16.9 Å². The number of nitrogens with zero attached hydrogens (tertiary/aromatic N) is 1. The number of aryl methyl sites for hydroxylation is 1. The average Bonchev–Trinajstić information content (AvgIpc) is 3.04. The van der Waals surface area contributed by atoms with Crippen LogP contribution in [0.2, 0.25) is 5.02 Å². The topological polar surface area (TPSA) is 69.0 Å². The molecule has 0 saturated carbocycles. The van der Waals surface area contributed by atoms with Gasteiger partial charge < -0.3 is 18.8 Å². The molecular formula is C25H26ClNO5. The van der Waals surface area contributed by atoms with E-state index in [2.05, 4.69) is 0 Å². The fourth-order valence-electron chi connectivity index (χ4n) is 4.20. The fraction of sp³-hybridized carbons (Fsp3) is 0.360. The van der Waals surface area contributed by atoms with Crippen LogP contribution >= 0.6 is 11.6 Å². The van der Waals surface area contributed by atoms with Gasteiger partial charge in [-0.15, -0.1) is 0 Å². The van der Waals surface area contributed by atoms with Crippen molar-refractivity contribution in [1.82, 2.24) is 4.90 Å². The summed E-state index contributed by atoms with van der Waals surface area (Å²) in [6.07, 6.45) is 0.740. The molecule has 0 saturated heterocycles. The first-order valence-electron chi connectivity index (χ1n) is 10.9. The second-order valence-corrected chi connectivity index (χ2v) is 8.15. The zero-order valence-corrected chi connectivity index (χ0v) is 19.4. The molecular weight excluding hydrogens is 430 g/mol. The zero-order chi connectivity index (χ0) is 23.0. The lowest BCUT2D eigenvalue weighted by atomic mass is 9.97. The van der Waals surface area contributed by atoms with Crippen LogP contribution in [-0.2, 0) is 0 Å². The predicted octanol–water partition coefficient (Wildman–Crippen LogP) is 5.51. The fourth-order valence-corrected chi connectivity index (χ4v) is 4.36. The van der Waals surface area contributed by atoms with Crippen LogP contribution in [-0.4, -0.2) is 30.6 Å². The Hall–Kier alpha value is -2.99. The normalized spacial score (nSPS) is 15.3. The van der Waals surface area contributed by atoms with E-state index in [1.165, 1.54) is 0 Å². The summed E-state index contributed by atoms with van der Waals surface area (Å²) >= 11 is 6.29. The summed E-state index contributed by atoms with van der Waals surface area (Å²) in [5, 5.41) is 0.849. The van der Waals surface area contributed by atoms with Gasteiger partial charge in [0, 0.05) is 11.6 Å². The van der Waals surface area contributed by atoms with Crippen LogP contribution in [0.25, 0.3) is 11.0 Å². The smallest absolute Gasteiger partial charge is 0.290 e. The number of ether oxygens (including phenoxy) is 2. The number of carbonyl (C=O) groups is 1. The van der Waals surface area contributed by atoms with Crippen molar-refractivity contribution in [2.45, 2.75) is 40.2 Å². The van der Waals surface area contributed by atoms with Crippen molar-refractivity contribution in [3.8, 4) is 11.5 Å². The Morgan fingerprint density at radius 3 is 2.44 bits per heavy atom. The molecule has 0 fully saturated rings. The first kappa shape index (κ1) is 22.2. The lowest BCUT2D eigenvalue weighted by Crippen LogP contribution is -2.30. The van der Waals surface area contributed by atoms with E-state index in [9.17, 15) is 9.59 Å². The molecule has 2 aromatic carbocycles. The summed E-state index contributed by atoms with van der Waals surface area (Å²) in [7, 11) is 0. The number of benzene rings is 2. The number of rotatable bonds is 7. The average molecular weight is 456 g/mol. The SMILES string of the molecule is CCCN1C(=O)c2oc3cc(C)c(Cl)cc3c(=O)c2C1c1ccc(OCC)c(OCC)c1. The lowest BCUT2D eigenvalue weighted by Gasteiger charge is -2.25. The molecule has 0 radical (unpaired) electrons. The van der Waals surface area contributed by atoms with Gasteiger partial charge in [0.05, 0.1) is 30.2 Å². The molecule has 4 rings (SSSR count). The lowest BCUT2D eigenvalue weighted by molar-refractivity contribution is 0.0728. The monoisotopic (exact) mass is 455 g/mol. The van der Waals surface area contributed by atoms with Crippen LogP contribution in [0, 0.1) is 6.92 Å². The molecule has 1 aromatic heterocycles. The number of amides is 1. The molecule has 1 aliphatic rings. The number of hydrogen-bond acceptors (Lipinski definition) is 5. The highest BCUT2D eigenvalue weighted by atomic mass is 35.5. The summed E-state index contributed by atoms with van der Waals surface area (Å²) in [6, 6.07) is 8.28. The van der Waals surface area contributed by atoms with Crippen molar-refractivity contribution in [3.63, 3.8) is 0 Å². The minimum absolute atomic E-state index is 0.0921. The summed E-state index contributed by atoms with van der Waals surface area (Å²) in [4.78, 5) is 28.6. The maximum absolute atomic E-state index is 13.6. The van der Waals surface area contributed by atoms with E-state index >= 15 is 0 Å². The van der Waals surface area contributed by atoms with Crippen molar-refractivity contribution in [2.75, 3.05) is 19.8 Å². The molecule has 0 spiro atoms. The van der Waals surface area contributed by atoms with E-state index in [1.807, 2.05) is 45.9 Å².